The van der Waals surface area contributed by atoms with Gasteiger partial charge in [0, 0.05) is 5.56 Å². The smallest absolute Gasteiger partial charge is 0.165 e. The molecule has 84 valence electrons. The van der Waals surface area contributed by atoms with Crippen LogP contribution in [0, 0.1) is 0 Å². The zero-order valence-electron chi connectivity index (χ0n) is 8.70. The Kier molecular flexibility index (Phi) is 3.46. The molecule has 0 aliphatic heterocycles. The Bertz CT molecular complexity index is 460. The maximum atomic E-state index is 6.06. The average molecular weight is 257 g/mol. The highest BCUT2D eigenvalue weighted by atomic mass is 35.5. The van der Waals surface area contributed by atoms with Crippen LogP contribution in [0.5, 0.6) is 0 Å². The molecule has 0 bridgehead atoms. The van der Waals surface area contributed by atoms with Crippen molar-refractivity contribution >= 4 is 23.2 Å². The predicted octanol–water partition coefficient (Wildman–Crippen LogP) is 4.00. The van der Waals surface area contributed by atoms with Gasteiger partial charge in [0.15, 0.2) is 5.82 Å². The summed E-state index contributed by atoms with van der Waals surface area (Å²) in [6.07, 6.45) is 4.85. The first kappa shape index (κ1) is 11.4. The molecule has 5 heteroatoms. The molecule has 2 heterocycles. The number of hydrogen-bond donors (Lipinski definition) is 0. The van der Waals surface area contributed by atoms with Crippen molar-refractivity contribution in [3.05, 3.63) is 34.5 Å². The highest BCUT2D eigenvalue weighted by Crippen LogP contribution is 2.26. The van der Waals surface area contributed by atoms with E-state index in [0.29, 0.717) is 16.1 Å². The molecule has 0 saturated carbocycles. The summed E-state index contributed by atoms with van der Waals surface area (Å²) in [5, 5.41) is 0.830. The van der Waals surface area contributed by atoms with Gasteiger partial charge >= 0.3 is 0 Å². The minimum atomic E-state index is 0.415. The SMILES string of the molecule is CCCc1c(Cl)nc(-c2ccoc2)nc1Cl. The van der Waals surface area contributed by atoms with Crippen LogP contribution in [0.4, 0.5) is 0 Å². The van der Waals surface area contributed by atoms with Crippen LogP contribution in [0.1, 0.15) is 18.9 Å². The Morgan fingerprint density at radius 3 is 2.44 bits per heavy atom. The Balaban J connectivity index is 2.45. The monoisotopic (exact) mass is 256 g/mol. The Labute approximate surface area is 103 Å². The Morgan fingerprint density at radius 2 is 1.94 bits per heavy atom. The fourth-order valence-corrected chi connectivity index (χ4v) is 1.98. The summed E-state index contributed by atoms with van der Waals surface area (Å²) < 4.78 is 4.96. The molecule has 16 heavy (non-hydrogen) atoms. The molecule has 0 N–H and O–H groups in total. The van der Waals surface area contributed by atoms with Gasteiger partial charge in [-0.15, -0.1) is 0 Å². The molecule has 2 rings (SSSR count). The van der Waals surface area contributed by atoms with Gasteiger partial charge in [-0.1, -0.05) is 36.5 Å². The molecule has 0 atom stereocenters. The normalized spacial score (nSPS) is 10.7. The molecule has 2 aromatic rings. The molecular formula is C11H10Cl2N2O. The van der Waals surface area contributed by atoms with Gasteiger partial charge in [-0.3, -0.25) is 0 Å². The van der Waals surface area contributed by atoms with E-state index in [9.17, 15) is 0 Å². The number of halogens is 2. The summed E-state index contributed by atoms with van der Waals surface area (Å²) in [5.74, 6) is 0.489. The number of rotatable bonds is 3. The molecule has 0 radical (unpaired) electrons. The molecule has 0 amide bonds. The topological polar surface area (TPSA) is 38.9 Å². The van der Waals surface area contributed by atoms with Gasteiger partial charge in [0.1, 0.15) is 16.6 Å². The molecule has 3 nitrogen and oxygen atoms in total. The van der Waals surface area contributed by atoms with Gasteiger partial charge in [0.2, 0.25) is 0 Å². The molecule has 0 aromatic carbocycles. The van der Waals surface area contributed by atoms with Crippen LogP contribution in [-0.2, 0) is 6.42 Å². The van der Waals surface area contributed by atoms with Gasteiger partial charge in [-0.2, -0.15) is 0 Å². The molecular weight excluding hydrogens is 247 g/mol. The second-order valence-corrected chi connectivity index (χ2v) is 4.09. The summed E-state index contributed by atoms with van der Waals surface area (Å²) >= 11 is 12.1. The molecule has 0 spiro atoms. The van der Waals surface area contributed by atoms with Crippen molar-refractivity contribution in [3.8, 4) is 11.4 Å². The second-order valence-electron chi connectivity index (χ2n) is 3.37. The van der Waals surface area contributed by atoms with Crippen LogP contribution in [0.3, 0.4) is 0 Å². The highest BCUT2D eigenvalue weighted by molar-refractivity contribution is 6.34. The van der Waals surface area contributed by atoms with E-state index in [1.165, 1.54) is 0 Å². The van der Waals surface area contributed by atoms with Gasteiger partial charge in [0.25, 0.3) is 0 Å². The van der Waals surface area contributed by atoms with Crippen LogP contribution in [-0.4, -0.2) is 9.97 Å². The van der Waals surface area contributed by atoms with E-state index in [-0.39, 0.29) is 0 Å². The minimum absolute atomic E-state index is 0.415. The summed E-state index contributed by atoms with van der Waals surface area (Å²) in [6.45, 7) is 2.05. The number of hydrogen-bond acceptors (Lipinski definition) is 3. The fourth-order valence-electron chi connectivity index (χ4n) is 1.41. The molecule has 0 aliphatic rings. The quantitative estimate of drug-likeness (QED) is 0.780. The molecule has 0 fully saturated rings. The van der Waals surface area contributed by atoms with Crippen LogP contribution in [0.2, 0.25) is 10.3 Å². The van der Waals surface area contributed by atoms with E-state index in [4.69, 9.17) is 27.6 Å². The third kappa shape index (κ3) is 2.20. The zero-order valence-corrected chi connectivity index (χ0v) is 10.2. The predicted molar refractivity (Wildman–Crippen MR) is 63.7 cm³/mol. The van der Waals surface area contributed by atoms with E-state index in [1.54, 1.807) is 18.6 Å². The van der Waals surface area contributed by atoms with Crippen molar-refractivity contribution in [2.24, 2.45) is 0 Å². The first-order valence-corrected chi connectivity index (χ1v) is 5.72. The van der Waals surface area contributed by atoms with Gasteiger partial charge in [-0.25, -0.2) is 9.97 Å². The highest BCUT2D eigenvalue weighted by Gasteiger charge is 2.12. The fraction of sp³-hybridized carbons (Fsp3) is 0.273. The average Bonchev–Trinajstić information content (AvgIpc) is 2.76. The summed E-state index contributed by atoms with van der Waals surface area (Å²) in [6, 6.07) is 1.77. The van der Waals surface area contributed by atoms with Crippen molar-refractivity contribution < 1.29 is 4.42 Å². The maximum Gasteiger partial charge on any atom is 0.165 e. The van der Waals surface area contributed by atoms with Crippen LogP contribution in [0.15, 0.2) is 23.0 Å². The van der Waals surface area contributed by atoms with Crippen LogP contribution >= 0.6 is 23.2 Å². The van der Waals surface area contributed by atoms with E-state index in [1.807, 2.05) is 0 Å². The molecule has 2 aromatic heterocycles. The molecule has 0 saturated heterocycles. The first-order valence-electron chi connectivity index (χ1n) is 4.97. The van der Waals surface area contributed by atoms with Gasteiger partial charge < -0.3 is 4.42 Å². The van der Waals surface area contributed by atoms with Gasteiger partial charge in [-0.05, 0) is 12.5 Å². The standard InChI is InChI=1S/C11H10Cl2N2O/c1-2-3-8-9(12)14-11(15-10(8)13)7-4-5-16-6-7/h4-6H,2-3H2,1H3. The van der Waals surface area contributed by atoms with E-state index in [0.717, 1.165) is 24.0 Å². The zero-order chi connectivity index (χ0) is 11.5. The number of furan rings is 1. The van der Waals surface area contributed by atoms with Crippen molar-refractivity contribution in [2.75, 3.05) is 0 Å². The number of nitrogens with zero attached hydrogens (tertiary/aromatic N) is 2. The Morgan fingerprint density at radius 1 is 1.25 bits per heavy atom. The third-order valence-corrected chi connectivity index (χ3v) is 2.81. The maximum absolute atomic E-state index is 6.06. The van der Waals surface area contributed by atoms with E-state index >= 15 is 0 Å². The Hall–Kier alpha value is -1.06. The van der Waals surface area contributed by atoms with Gasteiger partial charge in [0.05, 0.1) is 11.8 Å². The second kappa shape index (κ2) is 4.85. The lowest BCUT2D eigenvalue weighted by Crippen LogP contribution is -1.96. The van der Waals surface area contributed by atoms with Crippen LogP contribution in [0.25, 0.3) is 11.4 Å². The minimum Gasteiger partial charge on any atom is -0.472 e. The summed E-state index contributed by atoms with van der Waals surface area (Å²) in [5.41, 5.74) is 1.57. The first-order chi connectivity index (χ1) is 7.72. The van der Waals surface area contributed by atoms with Crippen LogP contribution < -0.4 is 0 Å². The lowest BCUT2D eigenvalue weighted by atomic mass is 10.2. The van der Waals surface area contributed by atoms with E-state index < -0.39 is 0 Å². The van der Waals surface area contributed by atoms with E-state index in [2.05, 4.69) is 16.9 Å². The summed E-state index contributed by atoms with van der Waals surface area (Å²) in [4.78, 5) is 8.41. The number of aromatic nitrogens is 2. The largest absolute Gasteiger partial charge is 0.472 e. The van der Waals surface area contributed by atoms with Crippen molar-refractivity contribution in [1.82, 2.24) is 9.97 Å². The summed E-state index contributed by atoms with van der Waals surface area (Å²) in [7, 11) is 0. The third-order valence-electron chi connectivity index (χ3n) is 2.19. The molecule has 0 unspecified atom stereocenters. The van der Waals surface area contributed by atoms with Crippen molar-refractivity contribution in [3.63, 3.8) is 0 Å². The molecule has 0 aliphatic carbocycles. The van der Waals surface area contributed by atoms with Crippen molar-refractivity contribution in [1.29, 1.82) is 0 Å². The lowest BCUT2D eigenvalue weighted by Gasteiger charge is -2.05. The lowest BCUT2D eigenvalue weighted by molar-refractivity contribution is 0.568. The van der Waals surface area contributed by atoms with Crippen molar-refractivity contribution in [2.45, 2.75) is 19.8 Å².